The molecule has 3 nitrogen and oxygen atoms in total. The fourth-order valence-electron chi connectivity index (χ4n) is 2.23. The van der Waals surface area contributed by atoms with Gasteiger partial charge >= 0.3 is 0 Å². The van der Waals surface area contributed by atoms with Gasteiger partial charge in [0.05, 0.1) is 12.6 Å². The van der Waals surface area contributed by atoms with Gasteiger partial charge in [0.1, 0.15) is 5.75 Å². The molecule has 3 N–H and O–H groups in total. The van der Waals surface area contributed by atoms with Gasteiger partial charge in [-0.3, -0.25) is 0 Å². The van der Waals surface area contributed by atoms with E-state index in [2.05, 4.69) is 17.4 Å². The average Bonchev–Trinajstić information content (AvgIpc) is 2.51. The third-order valence-corrected chi connectivity index (χ3v) is 3.47. The molecule has 0 amide bonds. The minimum atomic E-state index is 0.00824. The van der Waals surface area contributed by atoms with E-state index in [4.69, 9.17) is 0 Å². The summed E-state index contributed by atoms with van der Waals surface area (Å²) in [5.41, 5.74) is 2.21. The highest BCUT2D eigenvalue weighted by atomic mass is 16.3. The van der Waals surface area contributed by atoms with Crippen LogP contribution in [0.5, 0.6) is 5.75 Å². The SMILES string of the molecule is CC[C@@H](CO)NC(c1ccccc1)c1ccc(O)cc1. The Morgan fingerprint density at radius 2 is 1.55 bits per heavy atom. The molecule has 0 radical (unpaired) electrons. The van der Waals surface area contributed by atoms with Crippen LogP contribution in [0.15, 0.2) is 54.6 Å². The van der Waals surface area contributed by atoms with Gasteiger partial charge in [0.15, 0.2) is 0 Å². The van der Waals surface area contributed by atoms with Crippen molar-refractivity contribution >= 4 is 0 Å². The van der Waals surface area contributed by atoms with E-state index in [1.807, 2.05) is 37.3 Å². The minimum Gasteiger partial charge on any atom is -0.508 e. The minimum absolute atomic E-state index is 0.00824. The van der Waals surface area contributed by atoms with E-state index < -0.39 is 0 Å². The first-order valence-electron chi connectivity index (χ1n) is 6.95. The normalized spacial score (nSPS) is 13.9. The number of aliphatic hydroxyl groups is 1. The topological polar surface area (TPSA) is 52.5 Å². The highest BCUT2D eigenvalue weighted by molar-refractivity contribution is 5.35. The molecule has 2 aromatic rings. The maximum atomic E-state index is 9.42. The fraction of sp³-hybridized carbons (Fsp3) is 0.294. The molecule has 106 valence electrons. The maximum Gasteiger partial charge on any atom is 0.115 e. The monoisotopic (exact) mass is 271 g/mol. The number of hydrogen-bond donors (Lipinski definition) is 3. The number of phenolic OH excluding ortho intramolecular Hbond substituents is 1. The molecule has 0 bridgehead atoms. The van der Waals surface area contributed by atoms with Gasteiger partial charge in [-0.05, 0) is 29.7 Å². The third-order valence-electron chi connectivity index (χ3n) is 3.47. The Morgan fingerprint density at radius 3 is 2.10 bits per heavy atom. The lowest BCUT2D eigenvalue weighted by Gasteiger charge is -2.25. The van der Waals surface area contributed by atoms with E-state index in [1.54, 1.807) is 12.1 Å². The summed E-state index contributed by atoms with van der Waals surface area (Å²) in [5, 5.41) is 22.3. The van der Waals surface area contributed by atoms with E-state index in [0.29, 0.717) is 0 Å². The fourth-order valence-corrected chi connectivity index (χ4v) is 2.23. The molecule has 0 saturated carbocycles. The standard InChI is InChI=1S/C17H21NO2/c1-2-15(12-19)18-17(13-6-4-3-5-7-13)14-8-10-16(20)11-9-14/h3-11,15,17-20H,2,12H2,1H3/t15-,17?/m0/s1. The zero-order chi connectivity index (χ0) is 14.4. The lowest BCUT2D eigenvalue weighted by atomic mass is 9.97. The highest BCUT2D eigenvalue weighted by Gasteiger charge is 2.17. The van der Waals surface area contributed by atoms with Gasteiger partial charge < -0.3 is 15.5 Å². The van der Waals surface area contributed by atoms with Crippen molar-refractivity contribution in [2.75, 3.05) is 6.61 Å². The lowest BCUT2D eigenvalue weighted by Crippen LogP contribution is -2.35. The molecule has 3 heteroatoms. The second kappa shape index (κ2) is 7.08. The first-order chi connectivity index (χ1) is 9.74. The molecular weight excluding hydrogens is 250 g/mol. The Kier molecular flexibility index (Phi) is 5.16. The number of aliphatic hydroxyl groups excluding tert-OH is 1. The van der Waals surface area contributed by atoms with Crippen LogP contribution in [0.3, 0.4) is 0 Å². The molecule has 1 unspecified atom stereocenters. The number of benzene rings is 2. The Morgan fingerprint density at radius 1 is 0.950 bits per heavy atom. The largest absolute Gasteiger partial charge is 0.508 e. The Labute approximate surface area is 119 Å². The molecule has 0 aromatic heterocycles. The Balaban J connectivity index is 2.31. The molecule has 20 heavy (non-hydrogen) atoms. The molecule has 0 aliphatic rings. The van der Waals surface area contributed by atoms with Crippen LogP contribution in [0.25, 0.3) is 0 Å². The first kappa shape index (κ1) is 14.6. The van der Waals surface area contributed by atoms with Crippen LogP contribution in [0.4, 0.5) is 0 Å². The van der Waals surface area contributed by atoms with Crippen LogP contribution in [-0.4, -0.2) is 22.9 Å². The third kappa shape index (κ3) is 3.59. The van der Waals surface area contributed by atoms with Crippen molar-refractivity contribution in [3.63, 3.8) is 0 Å². The van der Waals surface area contributed by atoms with E-state index >= 15 is 0 Å². The zero-order valence-corrected chi connectivity index (χ0v) is 11.7. The molecule has 0 spiro atoms. The summed E-state index contributed by atoms with van der Waals surface area (Å²) in [7, 11) is 0. The van der Waals surface area contributed by atoms with Crippen LogP contribution in [-0.2, 0) is 0 Å². The summed E-state index contributed by atoms with van der Waals surface area (Å²) in [5.74, 6) is 0.259. The van der Waals surface area contributed by atoms with Gasteiger partial charge in [0.25, 0.3) is 0 Å². The summed E-state index contributed by atoms with van der Waals surface area (Å²) in [6.45, 7) is 2.16. The van der Waals surface area contributed by atoms with Crippen LogP contribution in [0.1, 0.15) is 30.5 Å². The van der Waals surface area contributed by atoms with Crippen molar-refractivity contribution in [3.05, 3.63) is 65.7 Å². The number of hydrogen-bond acceptors (Lipinski definition) is 3. The quantitative estimate of drug-likeness (QED) is 0.757. The van der Waals surface area contributed by atoms with Gasteiger partial charge in [-0.2, -0.15) is 0 Å². The molecule has 0 fully saturated rings. The van der Waals surface area contributed by atoms with Gasteiger partial charge in [-0.1, -0.05) is 49.4 Å². The first-order valence-corrected chi connectivity index (χ1v) is 6.95. The molecule has 0 aliphatic carbocycles. The molecule has 2 aromatic carbocycles. The lowest BCUT2D eigenvalue weighted by molar-refractivity contribution is 0.232. The van der Waals surface area contributed by atoms with Crippen molar-refractivity contribution in [2.24, 2.45) is 0 Å². The van der Waals surface area contributed by atoms with E-state index in [1.165, 1.54) is 0 Å². The summed E-state index contributed by atoms with van der Waals surface area (Å²) >= 11 is 0. The summed E-state index contributed by atoms with van der Waals surface area (Å²) in [6, 6.07) is 17.4. The van der Waals surface area contributed by atoms with Crippen LogP contribution < -0.4 is 5.32 Å². The number of nitrogens with one attached hydrogen (secondary N) is 1. The number of aromatic hydroxyl groups is 1. The van der Waals surface area contributed by atoms with E-state index in [-0.39, 0.29) is 24.4 Å². The van der Waals surface area contributed by atoms with Gasteiger partial charge in [0.2, 0.25) is 0 Å². The summed E-state index contributed by atoms with van der Waals surface area (Å²) in [4.78, 5) is 0. The predicted molar refractivity (Wildman–Crippen MR) is 80.7 cm³/mol. The smallest absolute Gasteiger partial charge is 0.115 e. The second-order valence-corrected chi connectivity index (χ2v) is 4.89. The Hall–Kier alpha value is -1.84. The summed E-state index contributed by atoms with van der Waals surface area (Å²) in [6.07, 6.45) is 0.859. The van der Waals surface area contributed by atoms with Gasteiger partial charge in [-0.25, -0.2) is 0 Å². The summed E-state index contributed by atoms with van der Waals surface area (Å²) < 4.78 is 0. The highest BCUT2D eigenvalue weighted by Crippen LogP contribution is 2.24. The molecule has 0 aliphatic heterocycles. The molecule has 2 atom stereocenters. The average molecular weight is 271 g/mol. The van der Waals surface area contributed by atoms with Crippen molar-refractivity contribution in [2.45, 2.75) is 25.4 Å². The van der Waals surface area contributed by atoms with E-state index in [0.717, 1.165) is 17.5 Å². The molecule has 0 heterocycles. The van der Waals surface area contributed by atoms with Crippen molar-refractivity contribution in [1.29, 1.82) is 0 Å². The number of phenols is 1. The van der Waals surface area contributed by atoms with Crippen LogP contribution in [0.2, 0.25) is 0 Å². The molecule has 2 rings (SSSR count). The predicted octanol–water partition coefficient (Wildman–Crippen LogP) is 2.84. The van der Waals surface area contributed by atoms with Crippen LogP contribution >= 0.6 is 0 Å². The van der Waals surface area contributed by atoms with Crippen molar-refractivity contribution in [1.82, 2.24) is 5.32 Å². The maximum absolute atomic E-state index is 9.42. The second-order valence-electron chi connectivity index (χ2n) is 4.89. The van der Waals surface area contributed by atoms with E-state index in [9.17, 15) is 10.2 Å². The van der Waals surface area contributed by atoms with Gasteiger partial charge in [0, 0.05) is 6.04 Å². The molecule has 0 saturated heterocycles. The van der Waals surface area contributed by atoms with Gasteiger partial charge in [-0.15, -0.1) is 0 Å². The van der Waals surface area contributed by atoms with Crippen molar-refractivity contribution in [3.8, 4) is 5.75 Å². The van der Waals surface area contributed by atoms with Crippen molar-refractivity contribution < 1.29 is 10.2 Å². The Bertz CT molecular complexity index is 506. The molecular formula is C17H21NO2. The number of rotatable bonds is 6. The van der Waals surface area contributed by atoms with Crippen LogP contribution in [0, 0.1) is 0 Å². The zero-order valence-electron chi connectivity index (χ0n) is 11.7.